The molecule has 0 saturated carbocycles. The number of aliphatic hydroxyl groups is 1. The number of anilines is 1. The van der Waals surface area contributed by atoms with Gasteiger partial charge in [-0.15, -0.1) is 11.8 Å². The maximum atomic E-state index is 9.07. The number of rotatable bonds is 4. The zero-order chi connectivity index (χ0) is 9.68. The highest BCUT2D eigenvalue weighted by Crippen LogP contribution is 2.18. The van der Waals surface area contributed by atoms with Crippen LogP contribution in [0.3, 0.4) is 0 Å². The van der Waals surface area contributed by atoms with Gasteiger partial charge < -0.3 is 10.4 Å². The molecule has 0 amide bonds. The number of nitrogens with one attached hydrogen (secondary N) is 1. The summed E-state index contributed by atoms with van der Waals surface area (Å²) < 4.78 is 0. The van der Waals surface area contributed by atoms with Gasteiger partial charge in [0.05, 0.1) is 6.10 Å². The lowest BCUT2D eigenvalue weighted by Gasteiger charge is -2.08. The average Bonchev–Trinajstić information content (AvgIpc) is 2.15. The lowest BCUT2D eigenvalue weighted by atomic mass is 10.3. The Morgan fingerprint density at radius 3 is 2.92 bits per heavy atom. The molecule has 1 atom stereocenters. The summed E-state index contributed by atoms with van der Waals surface area (Å²) in [6.45, 7) is 2.36. The van der Waals surface area contributed by atoms with Crippen molar-refractivity contribution in [1.82, 2.24) is 0 Å². The third-order valence-corrected chi connectivity index (χ3v) is 2.40. The van der Waals surface area contributed by atoms with Crippen LogP contribution in [-0.4, -0.2) is 24.0 Å². The van der Waals surface area contributed by atoms with E-state index in [1.807, 2.05) is 18.4 Å². The zero-order valence-electron chi connectivity index (χ0n) is 7.95. The van der Waals surface area contributed by atoms with E-state index < -0.39 is 0 Å². The summed E-state index contributed by atoms with van der Waals surface area (Å²) in [5, 5.41) is 12.2. The van der Waals surface area contributed by atoms with Crippen molar-refractivity contribution in [3.63, 3.8) is 0 Å². The molecule has 0 aliphatic rings. The fourth-order valence-corrected chi connectivity index (χ4v) is 1.46. The van der Waals surface area contributed by atoms with E-state index in [0.717, 1.165) is 5.69 Å². The number of hydrogen-bond donors (Lipinski definition) is 2. The quantitative estimate of drug-likeness (QED) is 0.726. The largest absolute Gasteiger partial charge is 0.392 e. The van der Waals surface area contributed by atoms with Gasteiger partial charge in [-0.25, -0.2) is 0 Å². The van der Waals surface area contributed by atoms with E-state index in [-0.39, 0.29) is 6.10 Å². The molecule has 2 nitrogen and oxygen atoms in total. The Labute approximate surface area is 83.4 Å². The lowest BCUT2D eigenvalue weighted by molar-refractivity contribution is 0.208. The van der Waals surface area contributed by atoms with E-state index in [2.05, 4.69) is 17.4 Å². The molecule has 1 rings (SSSR count). The van der Waals surface area contributed by atoms with Gasteiger partial charge in [0.15, 0.2) is 0 Å². The van der Waals surface area contributed by atoms with Crippen molar-refractivity contribution in [3.05, 3.63) is 24.3 Å². The van der Waals surface area contributed by atoms with Gasteiger partial charge in [0.2, 0.25) is 0 Å². The van der Waals surface area contributed by atoms with Crippen LogP contribution in [0.4, 0.5) is 5.69 Å². The first-order valence-corrected chi connectivity index (χ1v) is 5.51. The predicted octanol–water partition coefficient (Wildman–Crippen LogP) is 2.20. The highest BCUT2D eigenvalue weighted by atomic mass is 32.2. The van der Waals surface area contributed by atoms with E-state index in [1.54, 1.807) is 18.7 Å². The van der Waals surface area contributed by atoms with Gasteiger partial charge in [-0.3, -0.25) is 0 Å². The molecular weight excluding hydrogens is 182 g/mol. The van der Waals surface area contributed by atoms with Gasteiger partial charge in [-0.1, -0.05) is 6.07 Å². The summed E-state index contributed by atoms with van der Waals surface area (Å²) >= 11 is 1.71. The summed E-state index contributed by atoms with van der Waals surface area (Å²) in [5.74, 6) is 0. The van der Waals surface area contributed by atoms with Crippen LogP contribution in [0, 0.1) is 0 Å². The van der Waals surface area contributed by atoms with Crippen LogP contribution in [-0.2, 0) is 0 Å². The summed E-state index contributed by atoms with van der Waals surface area (Å²) in [6.07, 6.45) is 1.74. The molecule has 13 heavy (non-hydrogen) atoms. The van der Waals surface area contributed by atoms with Crippen LogP contribution in [0.1, 0.15) is 6.92 Å². The van der Waals surface area contributed by atoms with Crippen LogP contribution in [0.2, 0.25) is 0 Å². The minimum Gasteiger partial charge on any atom is -0.392 e. The second-order valence-corrected chi connectivity index (χ2v) is 3.84. The zero-order valence-corrected chi connectivity index (χ0v) is 8.77. The van der Waals surface area contributed by atoms with Crippen molar-refractivity contribution in [2.24, 2.45) is 0 Å². The molecule has 0 bridgehead atoms. The first-order chi connectivity index (χ1) is 6.22. The SMILES string of the molecule is CSc1cccc(NC[C@@H](C)O)c1. The molecule has 3 heteroatoms. The molecule has 0 fully saturated rings. The molecule has 72 valence electrons. The molecule has 1 aromatic rings. The maximum Gasteiger partial charge on any atom is 0.0684 e. The lowest BCUT2D eigenvalue weighted by Crippen LogP contribution is -2.15. The summed E-state index contributed by atoms with van der Waals surface area (Å²) in [7, 11) is 0. The van der Waals surface area contributed by atoms with Gasteiger partial charge in [0.1, 0.15) is 0 Å². The fourth-order valence-electron chi connectivity index (χ4n) is 0.999. The van der Waals surface area contributed by atoms with Crippen LogP contribution in [0.15, 0.2) is 29.2 Å². The number of aliphatic hydroxyl groups excluding tert-OH is 1. The summed E-state index contributed by atoms with van der Waals surface area (Å²) in [4.78, 5) is 1.23. The van der Waals surface area contributed by atoms with E-state index in [0.29, 0.717) is 6.54 Å². The van der Waals surface area contributed by atoms with Gasteiger partial charge in [0, 0.05) is 17.1 Å². The van der Waals surface area contributed by atoms with E-state index in [4.69, 9.17) is 5.11 Å². The van der Waals surface area contributed by atoms with Crippen molar-refractivity contribution >= 4 is 17.4 Å². The predicted molar refractivity (Wildman–Crippen MR) is 58.4 cm³/mol. The second kappa shape index (κ2) is 5.14. The van der Waals surface area contributed by atoms with Crippen molar-refractivity contribution in [2.45, 2.75) is 17.9 Å². The van der Waals surface area contributed by atoms with E-state index in [9.17, 15) is 0 Å². The Balaban J connectivity index is 2.56. The number of benzene rings is 1. The smallest absolute Gasteiger partial charge is 0.0684 e. The van der Waals surface area contributed by atoms with Crippen molar-refractivity contribution in [3.8, 4) is 0 Å². The molecule has 0 spiro atoms. The topological polar surface area (TPSA) is 32.3 Å². The molecule has 0 saturated heterocycles. The minimum atomic E-state index is -0.307. The molecule has 1 aromatic carbocycles. The second-order valence-electron chi connectivity index (χ2n) is 2.96. The molecule has 0 aliphatic carbocycles. The van der Waals surface area contributed by atoms with Gasteiger partial charge in [-0.2, -0.15) is 0 Å². The highest BCUT2D eigenvalue weighted by molar-refractivity contribution is 7.98. The van der Waals surface area contributed by atoms with E-state index in [1.165, 1.54) is 4.90 Å². The fraction of sp³-hybridized carbons (Fsp3) is 0.400. The highest BCUT2D eigenvalue weighted by Gasteiger charge is 1.96. The Morgan fingerprint density at radius 1 is 1.54 bits per heavy atom. The normalized spacial score (nSPS) is 12.5. The third-order valence-electron chi connectivity index (χ3n) is 1.67. The molecule has 0 aliphatic heterocycles. The molecule has 0 radical (unpaired) electrons. The molecule has 0 aromatic heterocycles. The summed E-state index contributed by atoms with van der Waals surface area (Å²) in [5.41, 5.74) is 1.06. The van der Waals surface area contributed by atoms with Gasteiger partial charge >= 0.3 is 0 Å². The Hall–Kier alpha value is -0.670. The standard InChI is InChI=1S/C10H15NOS/c1-8(12)7-11-9-4-3-5-10(6-9)13-2/h3-6,8,11-12H,7H2,1-2H3/t8-/m1/s1. The number of thioether (sulfide) groups is 1. The molecule has 2 N–H and O–H groups in total. The average molecular weight is 197 g/mol. The monoisotopic (exact) mass is 197 g/mol. The van der Waals surface area contributed by atoms with Crippen LogP contribution in [0.5, 0.6) is 0 Å². The minimum absolute atomic E-state index is 0.307. The Morgan fingerprint density at radius 2 is 2.31 bits per heavy atom. The van der Waals surface area contributed by atoms with Crippen LogP contribution in [0.25, 0.3) is 0 Å². The maximum absolute atomic E-state index is 9.07. The molecular formula is C10H15NOS. The number of hydrogen-bond acceptors (Lipinski definition) is 3. The van der Waals surface area contributed by atoms with Crippen molar-refractivity contribution in [2.75, 3.05) is 18.1 Å². The third kappa shape index (κ3) is 3.70. The van der Waals surface area contributed by atoms with Crippen molar-refractivity contribution < 1.29 is 5.11 Å². The van der Waals surface area contributed by atoms with Gasteiger partial charge in [0.25, 0.3) is 0 Å². The molecule has 0 unspecified atom stereocenters. The molecule has 0 heterocycles. The van der Waals surface area contributed by atoms with E-state index >= 15 is 0 Å². The van der Waals surface area contributed by atoms with Crippen LogP contribution >= 0.6 is 11.8 Å². The summed E-state index contributed by atoms with van der Waals surface area (Å²) in [6, 6.07) is 8.16. The Kier molecular flexibility index (Phi) is 4.12. The van der Waals surface area contributed by atoms with Crippen LogP contribution < -0.4 is 5.32 Å². The van der Waals surface area contributed by atoms with Crippen molar-refractivity contribution in [1.29, 1.82) is 0 Å². The first kappa shape index (κ1) is 10.4. The first-order valence-electron chi connectivity index (χ1n) is 4.28. The Bertz CT molecular complexity index is 263. The van der Waals surface area contributed by atoms with Gasteiger partial charge in [-0.05, 0) is 31.4 Å².